The van der Waals surface area contributed by atoms with Crippen LogP contribution in [-0.4, -0.2) is 43.5 Å². The van der Waals surface area contributed by atoms with Crippen LogP contribution in [0.3, 0.4) is 0 Å². The summed E-state index contributed by atoms with van der Waals surface area (Å²) in [6.07, 6.45) is 2.20. The Morgan fingerprint density at radius 2 is 1.53 bits per heavy atom. The second-order valence-corrected chi connectivity index (χ2v) is 13.8. The molecule has 196 valence electrons. The third kappa shape index (κ3) is 6.06. The molecule has 2 aromatic rings. The van der Waals surface area contributed by atoms with Crippen molar-refractivity contribution in [3.63, 3.8) is 0 Å². The molecule has 0 amide bonds. The first-order valence-electron chi connectivity index (χ1n) is 12.0. The summed E-state index contributed by atoms with van der Waals surface area (Å²) in [5.41, 5.74) is -3.92. The zero-order chi connectivity index (χ0) is 26.4. The minimum absolute atomic E-state index is 0.00772. The van der Waals surface area contributed by atoms with E-state index in [0.717, 1.165) is 5.46 Å². The van der Waals surface area contributed by atoms with Gasteiger partial charge in [0.15, 0.2) is 9.84 Å². The number of nitrogens with one attached hydrogen (secondary N) is 1. The monoisotopic (exact) mass is 541 g/mol. The van der Waals surface area contributed by atoms with Crippen LogP contribution < -0.4 is 10.8 Å². The first-order chi connectivity index (χ1) is 16.7. The Morgan fingerprint density at radius 3 is 2.08 bits per heavy atom. The van der Waals surface area contributed by atoms with Crippen LogP contribution >= 0.6 is 11.8 Å². The van der Waals surface area contributed by atoms with Crippen LogP contribution in [0.1, 0.15) is 53.4 Å². The lowest BCUT2D eigenvalue weighted by Gasteiger charge is -2.32. The van der Waals surface area contributed by atoms with Gasteiger partial charge in [0.2, 0.25) is 0 Å². The highest BCUT2D eigenvalue weighted by molar-refractivity contribution is 8.00. The Balaban J connectivity index is 1.36. The lowest BCUT2D eigenvalue weighted by molar-refractivity contribution is -0.0328. The van der Waals surface area contributed by atoms with Gasteiger partial charge >= 0.3 is 12.6 Å². The molecular weight excluding hydrogens is 510 g/mol. The van der Waals surface area contributed by atoms with Crippen LogP contribution in [0.5, 0.6) is 0 Å². The summed E-state index contributed by atoms with van der Waals surface area (Å²) in [6.45, 7) is 7.87. The summed E-state index contributed by atoms with van der Waals surface area (Å²) in [7, 11) is -4.06. The second-order valence-electron chi connectivity index (χ2n) is 10.4. The molecule has 1 saturated heterocycles. The van der Waals surface area contributed by atoms with E-state index in [4.69, 9.17) is 9.31 Å². The van der Waals surface area contributed by atoms with Crippen LogP contribution in [-0.2, 0) is 19.1 Å². The summed E-state index contributed by atoms with van der Waals surface area (Å²) in [5, 5.41) is 2.77. The molecule has 1 heterocycles. The largest absolute Gasteiger partial charge is 0.494 e. The smallest absolute Gasteiger partial charge is 0.399 e. The Kier molecular flexibility index (Phi) is 7.51. The summed E-state index contributed by atoms with van der Waals surface area (Å²) in [6, 6.07) is 12.9. The van der Waals surface area contributed by atoms with Gasteiger partial charge in [-0.3, -0.25) is 0 Å². The van der Waals surface area contributed by atoms with Crippen LogP contribution in [0.25, 0.3) is 0 Å². The quantitative estimate of drug-likeness (QED) is 0.369. The molecule has 11 heteroatoms. The molecule has 4 rings (SSSR count). The van der Waals surface area contributed by atoms with Crippen LogP contribution in [0.4, 0.5) is 18.9 Å². The Hall–Kier alpha value is -1.69. The molecule has 0 aromatic heterocycles. The molecule has 36 heavy (non-hydrogen) atoms. The molecule has 0 bridgehead atoms. The lowest BCUT2D eigenvalue weighted by atomic mass is 9.79. The SMILES string of the molecule is CC1(C)OB(c2ccc(S(=O)(=O)[C@H]3CC[C@H](Nc4cccc(SC(F)(F)F)c4)CC3)cc2)OC1(C)C. The van der Waals surface area contributed by atoms with E-state index in [1.165, 1.54) is 12.1 Å². The first kappa shape index (κ1) is 27.4. The first-order valence-corrected chi connectivity index (χ1v) is 14.3. The second kappa shape index (κ2) is 9.89. The fourth-order valence-corrected chi connectivity index (χ4v) is 6.92. The zero-order valence-electron chi connectivity index (χ0n) is 20.8. The molecule has 1 saturated carbocycles. The number of benzene rings is 2. The number of hydrogen-bond acceptors (Lipinski definition) is 6. The molecule has 2 fully saturated rings. The molecule has 0 atom stereocenters. The average Bonchev–Trinajstić information content (AvgIpc) is 3.00. The topological polar surface area (TPSA) is 64.6 Å². The molecule has 0 spiro atoms. The van der Waals surface area contributed by atoms with Gasteiger partial charge in [0.05, 0.1) is 21.3 Å². The fourth-order valence-electron chi connectivity index (χ4n) is 4.52. The van der Waals surface area contributed by atoms with E-state index in [2.05, 4.69) is 5.32 Å². The third-order valence-electron chi connectivity index (χ3n) is 7.29. The van der Waals surface area contributed by atoms with Crippen molar-refractivity contribution < 1.29 is 30.9 Å². The van der Waals surface area contributed by atoms with E-state index in [1.807, 2.05) is 27.7 Å². The molecule has 0 unspecified atom stereocenters. The van der Waals surface area contributed by atoms with Crippen molar-refractivity contribution in [2.75, 3.05) is 5.32 Å². The molecule has 2 aliphatic rings. The van der Waals surface area contributed by atoms with Crippen LogP contribution in [0.2, 0.25) is 0 Å². The molecule has 1 aliphatic heterocycles. The lowest BCUT2D eigenvalue weighted by Crippen LogP contribution is -2.41. The van der Waals surface area contributed by atoms with Crippen LogP contribution in [0.15, 0.2) is 58.3 Å². The van der Waals surface area contributed by atoms with Crippen molar-refractivity contribution in [1.29, 1.82) is 0 Å². The van der Waals surface area contributed by atoms with E-state index in [0.29, 0.717) is 31.4 Å². The molecule has 5 nitrogen and oxygen atoms in total. The van der Waals surface area contributed by atoms with Crippen molar-refractivity contribution in [3.05, 3.63) is 48.5 Å². The molecule has 2 aromatic carbocycles. The van der Waals surface area contributed by atoms with Gasteiger partial charge in [-0.15, -0.1) is 0 Å². The Labute approximate surface area is 215 Å². The van der Waals surface area contributed by atoms with E-state index in [-0.39, 0.29) is 27.6 Å². The predicted molar refractivity (Wildman–Crippen MR) is 137 cm³/mol. The van der Waals surface area contributed by atoms with Crippen molar-refractivity contribution >= 4 is 39.9 Å². The van der Waals surface area contributed by atoms with Gasteiger partial charge < -0.3 is 14.6 Å². The summed E-state index contributed by atoms with van der Waals surface area (Å²) >= 11 is -0.148. The number of thioether (sulfide) groups is 1. The van der Waals surface area contributed by atoms with E-state index in [9.17, 15) is 21.6 Å². The minimum atomic E-state index is -4.34. The van der Waals surface area contributed by atoms with Gasteiger partial charge in [-0.05, 0) is 101 Å². The number of rotatable bonds is 6. The highest BCUT2D eigenvalue weighted by Gasteiger charge is 2.51. The maximum Gasteiger partial charge on any atom is 0.494 e. The van der Waals surface area contributed by atoms with Crippen molar-refractivity contribution in [2.45, 2.75) is 91.2 Å². The fraction of sp³-hybridized carbons (Fsp3) is 0.520. The summed E-state index contributed by atoms with van der Waals surface area (Å²) < 4.78 is 76.6. The summed E-state index contributed by atoms with van der Waals surface area (Å²) in [4.78, 5) is 0.392. The van der Waals surface area contributed by atoms with Crippen molar-refractivity contribution in [2.24, 2.45) is 0 Å². The standard InChI is InChI=1S/C25H31BF3NO4S2/c1-23(2)24(3,4)34-26(33-23)17-8-12-21(13-9-17)36(31,32)22-14-10-18(11-15-22)30-19-6-5-7-20(16-19)35-25(27,28)29/h5-9,12-13,16,18,22,30H,10-11,14-15H2,1-4H3/t18-,22-. The third-order valence-corrected chi connectivity index (χ3v) is 10.3. The van der Waals surface area contributed by atoms with Gasteiger partial charge in [-0.2, -0.15) is 13.2 Å². The van der Waals surface area contributed by atoms with E-state index >= 15 is 0 Å². The van der Waals surface area contributed by atoms with Gasteiger partial charge in [0, 0.05) is 16.6 Å². The van der Waals surface area contributed by atoms with Crippen molar-refractivity contribution in [3.8, 4) is 0 Å². The van der Waals surface area contributed by atoms with Gasteiger partial charge in [0.1, 0.15) is 0 Å². The molecule has 1 aliphatic carbocycles. The van der Waals surface area contributed by atoms with Gasteiger partial charge in [-0.25, -0.2) is 8.42 Å². The zero-order valence-corrected chi connectivity index (χ0v) is 22.4. The highest BCUT2D eigenvalue weighted by Crippen LogP contribution is 2.39. The van der Waals surface area contributed by atoms with E-state index < -0.39 is 38.9 Å². The minimum Gasteiger partial charge on any atom is -0.399 e. The summed E-state index contributed by atoms with van der Waals surface area (Å²) in [5.74, 6) is 0. The molecule has 1 N–H and O–H groups in total. The maximum atomic E-state index is 13.3. The van der Waals surface area contributed by atoms with Crippen molar-refractivity contribution in [1.82, 2.24) is 0 Å². The number of alkyl halides is 3. The number of anilines is 1. The number of halogens is 3. The number of sulfone groups is 1. The molecule has 0 radical (unpaired) electrons. The Bertz CT molecular complexity index is 1160. The number of hydrogen-bond donors (Lipinski definition) is 1. The Morgan fingerprint density at radius 1 is 0.944 bits per heavy atom. The van der Waals surface area contributed by atoms with Gasteiger partial charge in [0.25, 0.3) is 0 Å². The van der Waals surface area contributed by atoms with Crippen LogP contribution in [0, 0.1) is 0 Å². The van der Waals surface area contributed by atoms with Gasteiger partial charge in [-0.1, -0.05) is 18.2 Å². The average molecular weight is 541 g/mol. The predicted octanol–water partition coefficient (Wildman–Crippen LogP) is 5.79. The highest BCUT2D eigenvalue weighted by atomic mass is 32.2. The van der Waals surface area contributed by atoms with E-state index in [1.54, 1.807) is 36.4 Å². The molecular formula is C25H31BF3NO4S2. The maximum absolute atomic E-state index is 13.3. The normalized spacial score (nSPS) is 24.0.